The highest BCUT2D eigenvalue weighted by molar-refractivity contribution is 7.09. The predicted molar refractivity (Wildman–Crippen MR) is 90.5 cm³/mol. The summed E-state index contributed by atoms with van der Waals surface area (Å²) in [4.78, 5) is 18.9. The largest absolute Gasteiger partial charge is 0.340 e. The van der Waals surface area contributed by atoms with Crippen molar-refractivity contribution in [2.24, 2.45) is 5.92 Å². The molecule has 0 unspecified atom stereocenters. The highest BCUT2D eigenvalue weighted by Crippen LogP contribution is 2.23. The second-order valence-electron chi connectivity index (χ2n) is 5.86. The van der Waals surface area contributed by atoms with Gasteiger partial charge in [0.2, 0.25) is 5.95 Å². The SMILES string of the molecule is Cc1ncsc1CN(C)C[C@@H]1CCN(c2ncc(Cl)cn2)C1. The Morgan fingerprint density at radius 3 is 2.82 bits per heavy atom. The van der Waals surface area contributed by atoms with Gasteiger partial charge in [0.15, 0.2) is 0 Å². The van der Waals surface area contributed by atoms with Crippen LogP contribution in [0.4, 0.5) is 5.95 Å². The van der Waals surface area contributed by atoms with Crippen molar-refractivity contribution >= 4 is 28.9 Å². The second kappa shape index (κ2) is 6.89. The lowest BCUT2D eigenvalue weighted by atomic mass is 10.1. The highest BCUT2D eigenvalue weighted by atomic mass is 35.5. The summed E-state index contributed by atoms with van der Waals surface area (Å²) in [7, 11) is 2.18. The van der Waals surface area contributed by atoms with Crippen LogP contribution in [-0.2, 0) is 6.54 Å². The molecule has 0 spiro atoms. The molecule has 0 saturated carbocycles. The molecule has 0 aliphatic carbocycles. The summed E-state index contributed by atoms with van der Waals surface area (Å²) >= 11 is 7.58. The van der Waals surface area contributed by atoms with E-state index in [1.165, 1.54) is 11.3 Å². The predicted octanol–water partition coefficient (Wildman–Crippen LogP) is 2.85. The van der Waals surface area contributed by atoms with Gasteiger partial charge >= 0.3 is 0 Å². The van der Waals surface area contributed by atoms with Crippen LogP contribution in [0, 0.1) is 12.8 Å². The minimum absolute atomic E-state index is 0.583. The molecule has 1 saturated heterocycles. The molecule has 2 aromatic rings. The quantitative estimate of drug-likeness (QED) is 0.839. The summed E-state index contributed by atoms with van der Waals surface area (Å²) in [5, 5.41) is 0.583. The first-order valence-electron chi connectivity index (χ1n) is 7.42. The molecule has 0 amide bonds. The maximum absolute atomic E-state index is 5.84. The normalized spacial score (nSPS) is 18.4. The summed E-state index contributed by atoms with van der Waals surface area (Å²) in [6, 6.07) is 0. The van der Waals surface area contributed by atoms with Gasteiger partial charge in [-0.05, 0) is 26.3 Å². The van der Waals surface area contributed by atoms with Crippen molar-refractivity contribution in [1.82, 2.24) is 19.9 Å². The van der Waals surface area contributed by atoms with Crippen molar-refractivity contribution in [2.75, 3.05) is 31.6 Å². The van der Waals surface area contributed by atoms with Gasteiger partial charge in [0.25, 0.3) is 0 Å². The van der Waals surface area contributed by atoms with E-state index in [1.54, 1.807) is 23.7 Å². The van der Waals surface area contributed by atoms with Crippen LogP contribution in [-0.4, -0.2) is 46.5 Å². The van der Waals surface area contributed by atoms with Crippen molar-refractivity contribution in [3.05, 3.63) is 33.5 Å². The molecule has 2 aromatic heterocycles. The summed E-state index contributed by atoms with van der Waals surface area (Å²) < 4.78 is 0. The zero-order valence-electron chi connectivity index (χ0n) is 12.9. The van der Waals surface area contributed by atoms with Crippen LogP contribution in [0.15, 0.2) is 17.9 Å². The number of rotatable bonds is 5. The van der Waals surface area contributed by atoms with Gasteiger partial charge in [-0.15, -0.1) is 11.3 Å². The van der Waals surface area contributed by atoms with Gasteiger partial charge in [-0.3, -0.25) is 0 Å². The molecule has 1 atom stereocenters. The number of halogens is 1. The molecule has 0 aromatic carbocycles. The number of hydrogen-bond donors (Lipinski definition) is 0. The Bertz CT molecular complexity index is 615. The Morgan fingerprint density at radius 1 is 1.36 bits per heavy atom. The van der Waals surface area contributed by atoms with Crippen LogP contribution in [0.1, 0.15) is 17.0 Å². The lowest BCUT2D eigenvalue weighted by Crippen LogP contribution is -2.28. The Labute approximate surface area is 140 Å². The van der Waals surface area contributed by atoms with E-state index < -0.39 is 0 Å². The van der Waals surface area contributed by atoms with Crippen molar-refractivity contribution in [3.63, 3.8) is 0 Å². The lowest BCUT2D eigenvalue weighted by Gasteiger charge is -2.21. The molecule has 0 bridgehead atoms. The van der Waals surface area contributed by atoms with Crippen LogP contribution < -0.4 is 4.90 Å². The summed E-state index contributed by atoms with van der Waals surface area (Å²) in [6.07, 6.45) is 4.50. The van der Waals surface area contributed by atoms with Gasteiger partial charge in [-0.25, -0.2) is 15.0 Å². The number of hydrogen-bond acceptors (Lipinski definition) is 6. The Balaban J connectivity index is 1.52. The van der Waals surface area contributed by atoms with Crippen LogP contribution in [0.25, 0.3) is 0 Å². The summed E-state index contributed by atoms with van der Waals surface area (Å²) in [6.45, 7) is 6.16. The first-order valence-corrected chi connectivity index (χ1v) is 8.67. The summed E-state index contributed by atoms with van der Waals surface area (Å²) in [5.41, 5.74) is 3.08. The molecule has 1 aliphatic heterocycles. The smallest absolute Gasteiger partial charge is 0.225 e. The number of nitrogens with zero attached hydrogens (tertiary/aromatic N) is 5. The topological polar surface area (TPSA) is 45.2 Å². The summed E-state index contributed by atoms with van der Waals surface area (Å²) in [5.74, 6) is 1.44. The second-order valence-corrected chi connectivity index (χ2v) is 7.24. The lowest BCUT2D eigenvalue weighted by molar-refractivity contribution is 0.281. The van der Waals surface area contributed by atoms with Crippen LogP contribution >= 0.6 is 22.9 Å². The van der Waals surface area contributed by atoms with E-state index in [4.69, 9.17) is 11.6 Å². The van der Waals surface area contributed by atoms with E-state index in [1.807, 2.05) is 5.51 Å². The maximum Gasteiger partial charge on any atom is 0.225 e. The number of aryl methyl sites for hydroxylation is 1. The molecule has 5 nitrogen and oxygen atoms in total. The maximum atomic E-state index is 5.84. The number of thiazole rings is 1. The molecule has 3 heterocycles. The molecule has 1 aliphatic rings. The van der Waals surface area contributed by atoms with Gasteiger partial charge in [0, 0.05) is 31.1 Å². The van der Waals surface area contributed by atoms with Gasteiger partial charge in [0.1, 0.15) is 0 Å². The Morgan fingerprint density at radius 2 is 2.14 bits per heavy atom. The third-order valence-electron chi connectivity index (χ3n) is 4.00. The zero-order valence-corrected chi connectivity index (χ0v) is 14.4. The average Bonchev–Trinajstić information content (AvgIpc) is 3.10. The molecule has 0 radical (unpaired) electrons. The third-order valence-corrected chi connectivity index (χ3v) is 5.12. The zero-order chi connectivity index (χ0) is 15.5. The van der Waals surface area contributed by atoms with Crippen LogP contribution in [0.5, 0.6) is 0 Å². The minimum Gasteiger partial charge on any atom is -0.340 e. The van der Waals surface area contributed by atoms with Crippen molar-refractivity contribution in [3.8, 4) is 0 Å². The molecule has 3 rings (SSSR count). The molecule has 1 fully saturated rings. The van der Waals surface area contributed by atoms with Crippen molar-refractivity contribution in [1.29, 1.82) is 0 Å². The average molecular weight is 338 g/mol. The first kappa shape index (κ1) is 15.6. The standard InChI is InChI=1S/C15H20ClN5S/c1-11-14(22-10-19-11)9-20(2)7-12-3-4-21(8-12)15-17-5-13(16)6-18-15/h5-6,10,12H,3-4,7-9H2,1-2H3/t12-/m0/s1. The van der Waals surface area contributed by atoms with Crippen molar-refractivity contribution < 1.29 is 0 Å². The molecule has 0 N–H and O–H groups in total. The number of aromatic nitrogens is 3. The first-order chi connectivity index (χ1) is 10.6. The third kappa shape index (κ3) is 3.74. The van der Waals surface area contributed by atoms with Gasteiger partial charge in [-0.1, -0.05) is 11.6 Å². The molecule has 7 heteroatoms. The molecule has 22 heavy (non-hydrogen) atoms. The van der Waals surface area contributed by atoms with E-state index in [9.17, 15) is 0 Å². The molecular formula is C15H20ClN5S. The highest BCUT2D eigenvalue weighted by Gasteiger charge is 2.25. The minimum atomic E-state index is 0.583. The van der Waals surface area contributed by atoms with Crippen LogP contribution in [0.2, 0.25) is 5.02 Å². The Hall–Kier alpha value is -1.24. The van der Waals surface area contributed by atoms with Crippen LogP contribution in [0.3, 0.4) is 0 Å². The molecule has 118 valence electrons. The fraction of sp³-hybridized carbons (Fsp3) is 0.533. The fourth-order valence-corrected chi connectivity index (χ4v) is 3.81. The number of anilines is 1. The van der Waals surface area contributed by atoms with E-state index >= 15 is 0 Å². The monoisotopic (exact) mass is 337 g/mol. The van der Waals surface area contributed by atoms with E-state index in [-0.39, 0.29) is 0 Å². The van der Waals surface area contributed by atoms with Gasteiger partial charge in [0.05, 0.1) is 28.6 Å². The van der Waals surface area contributed by atoms with Crippen molar-refractivity contribution in [2.45, 2.75) is 19.9 Å². The Kier molecular flexibility index (Phi) is 4.90. The van der Waals surface area contributed by atoms with Gasteiger partial charge in [-0.2, -0.15) is 0 Å². The molecular weight excluding hydrogens is 318 g/mol. The van der Waals surface area contributed by atoms with E-state index in [0.717, 1.165) is 37.8 Å². The van der Waals surface area contributed by atoms with E-state index in [2.05, 4.69) is 38.7 Å². The van der Waals surface area contributed by atoms with E-state index in [0.29, 0.717) is 10.9 Å². The fourth-order valence-electron chi connectivity index (χ4n) is 2.86. The van der Waals surface area contributed by atoms with Gasteiger partial charge < -0.3 is 9.80 Å².